The third-order valence-corrected chi connectivity index (χ3v) is 4.68. The first-order valence-corrected chi connectivity index (χ1v) is 7.57. The lowest BCUT2D eigenvalue weighted by molar-refractivity contribution is 0.217. The molecule has 0 bridgehead atoms. The molecule has 1 heterocycles. The van der Waals surface area contributed by atoms with Gasteiger partial charge in [0.2, 0.25) is 0 Å². The molecule has 15 heavy (non-hydrogen) atoms. The molecule has 0 spiro atoms. The van der Waals surface area contributed by atoms with Crippen LogP contribution < -0.4 is 5.32 Å². The van der Waals surface area contributed by atoms with Crippen LogP contribution in [0.3, 0.4) is 0 Å². The van der Waals surface area contributed by atoms with Gasteiger partial charge in [-0.25, -0.2) is 0 Å². The second-order valence-electron chi connectivity index (χ2n) is 4.75. The number of rotatable bonds is 5. The third kappa shape index (κ3) is 3.85. The minimum atomic E-state index is -0.538. The highest BCUT2D eigenvalue weighted by Crippen LogP contribution is 2.18. The minimum absolute atomic E-state index is 0.538. The summed E-state index contributed by atoms with van der Waals surface area (Å²) in [6, 6.07) is 1.47. The van der Waals surface area contributed by atoms with Gasteiger partial charge >= 0.3 is 0 Å². The van der Waals surface area contributed by atoms with E-state index in [1.807, 2.05) is 0 Å². The van der Waals surface area contributed by atoms with Crippen LogP contribution in [0.1, 0.15) is 26.2 Å². The maximum atomic E-state index is 11.2. The molecule has 1 atom stereocenters. The minimum Gasteiger partial charge on any atom is -0.314 e. The maximum absolute atomic E-state index is 11.2. The Balaban J connectivity index is 1.61. The molecule has 1 unspecified atom stereocenters. The van der Waals surface area contributed by atoms with Gasteiger partial charge in [0.05, 0.1) is 0 Å². The van der Waals surface area contributed by atoms with Gasteiger partial charge in [-0.2, -0.15) is 0 Å². The van der Waals surface area contributed by atoms with Gasteiger partial charge in [-0.05, 0) is 32.7 Å². The molecule has 3 nitrogen and oxygen atoms in total. The van der Waals surface area contributed by atoms with Gasteiger partial charge in [0.25, 0.3) is 0 Å². The van der Waals surface area contributed by atoms with E-state index in [2.05, 4.69) is 17.1 Å². The predicted octanol–water partition coefficient (Wildman–Crippen LogP) is 0.581. The van der Waals surface area contributed by atoms with Crippen LogP contribution in [-0.2, 0) is 10.8 Å². The molecule has 2 fully saturated rings. The SMILES string of the molecule is CC(CCNC1CC1)N1CCS(=O)CC1. The van der Waals surface area contributed by atoms with Crippen molar-refractivity contribution in [2.75, 3.05) is 31.1 Å². The summed E-state index contributed by atoms with van der Waals surface area (Å²) in [6.07, 6.45) is 3.97. The zero-order chi connectivity index (χ0) is 10.7. The van der Waals surface area contributed by atoms with Crippen molar-refractivity contribution in [1.82, 2.24) is 10.2 Å². The van der Waals surface area contributed by atoms with Crippen molar-refractivity contribution in [3.63, 3.8) is 0 Å². The molecule has 0 radical (unpaired) electrons. The van der Waals surface area contributed by atoms with Crippen LogP contribution in [0.4, 0.5) is 0 Å². The Morgan fingerprint density at radius 2 is 2.07 bits per heavy atom. The van der Waals surface area contributed by atoms with Crippen molar-refractivity contribution < 1.29 is 4.21 Å². The average Bonchev–Trinajstić information content (AvgIpc) is 3.02. The highest BCUT2D eigenvalue weighted by molar-refractivity contribution is 7.85. The van der Waals surface area contributed by atoms with Crippen molar-refractivity contribution in [2.24, 2.45) is 0 Å². The first-order valence-electron chi connectivity index (χ1n) is 6.08. The Labute approximate surface area is 95.1 Å². The van der Waals surface area contributed by atoms with Gasteiger partial charge in [0.1, 0.15) is 0 Å². The van der Waals surface area contributed by atoms with Gasteiger partial charge in [-0.1, -0.05) is 0 Å². The quantitative estimate of drug-likeness (QED) is 0.750. The summed E-state index contributed by atoms with van der Waals surface area (Å²) >= 11 is 0. The Bertz CT molecular complexity index is 221. The van der Waals surface area contributed by atoms with Crippen molar-refractivity contribution in [2.45, 2.75) is 38.3 Å². The van der Waals surface area contributed by atoms with Crippen LogP contribution in [0.25, 0.3) is 0 Å². The van der Waals surface area contributed by atoms with Crippen molar-refractivity contribution in [3.05, 3.63) is 0 Å². The topological polar surface area (TPSA) is 32.3 Å². The first kappa shape index (κ1) is 11.6. The van der Waals surface area contributed by atoms with E-state index in [1.165, 1.54) is 19.3 Å². The summed E-state index contributed by atoms with van der Waals surface area (Å²) < 4.78 is 11.2. The van der Waals surface area contributed by atoms with Gasteiger partial charge in [0, 0.05) is 47.5 Å². The second-order valence-corrected chi connectivity index (χ2v) is 6.45. The zero-order valence-electron chi connectivity index (χ0n) is 9.58. The van der Waals surface area contributed by atoms with Crippen LogP contribution in [0, 0.1) is 0 Å². The molecule has 1 saturated heterocycles. The summed E-state index contributed by atoms with van der Waals surface area (Å²) in [7, 11) is -0.538. The number of hydrogen-bond donors (Lipinski definition) is 1. The van der Waals surface area contributed by atoms with Crippen LogP contribution in [0.15, 0.2) is 0 Å². The second kappa shape index (κ2) is 5.41. The molecule has 1 N–H and O–H groups in total. The fourth-order valence-corrected chi connectivity index (χ4v) is 3.14. The molecule has 4 heteroatoms. The van der Waals surface area contributed by atoms with Crippen LogP contribution in [0.5, 0.6) is 0 Å². The first-order chi connectivity index (χ1) is 7.25. The lowest BCUT2D eigenvalue weighted by Gasteiger charge is -2.32. The molecule has 2 aliphatic rings. The smallest absolute Gasteiger partial charge is 0.0363 e. The highest BCUT2D eigenvalue weighted by atomic mass is 32.2. The summed E-state index contributed by atoms with van der Waals surface area (Å²) in [5.74, 6) is 1.75. The van der Waals surface area contributed by atoms with Gasteiger partial charge in [-0.15, -0.1) is 0 Å². The summed E-state index contributed by atoms with van der Waals surface area (Å²) in [5, 5.41) is 3.55. The Kier molecular flexibility index (Phi) is 4.17. The lowest BCUT2D eigenvalue weighted by atomic mass is 10.2. The monoisotopic (exact) mass is 230 g/mol. The molecule has 0 aromatic heterocycles. The van der Waals surface area contributed by atoms with Crippen LogP contribution >= 0.6 is 0 Å². The van der Waals surface area contributed by atoms with Crippen molar-refractivity contribution >= 4 is 10.8 Å². The van der Waals surface area contributed by atoms with E-state index in [0.29, 0.717) is 6.04 Å². The molecule has 0 aromatic carbocycles. The van der Waals surface area contributed by atoms with Gasteiger partial charge in [-0.3, -0.25) is 9.11 Å². The summed E-state index contributed by atoms with van der Waals surface area (Å²) in [6.45, 7) is 5.49. The fraction of sp³-hybridized carbons (Fsp3) is 1.00. The van der Waals surface area contributed by atoms with E-state index in [9.17, 15) is 4.21 Å². The Morgan fingerprint density at radius 1 is 1.40 bits per heavy atom. The third-order valence-electron chi connectivity index (χ3n) is 3.41. The highest BCUT2D eigenvalue weighted by Gasteiger charge is 2.22. The van der Waals surface area contributed by atoms with E-state index in [0.717, 1.165) is 37.2 Å². The molecular weight excluding hydrogens is 208 g/mol. The van der Waals surface area contributed by atoms with E-state index >= 15 is 0 Å². The van der Waals surface area contributed by atoms with E-state index in [1.54, 1.807) is 0 Å². The zero-order valence-corrected chi connectivity index (χ0v) is 10.4. The van der Waals surface area contributed by atoms with E-state index in [4.69, 9.17) is 0 Å². The normalized spacial score (nSPS) is 26.7. The molecule has 1 aliphatic carbocycles. The number of hydrogen-bond acceptors (Lipinski definition) is 3. The van der Waals surface area contributed by atoms with Crippen LogP contribution in [-0.4, -0.2) is 52.3 Å². The van der Waals surface area contributed by atoms with Crippen LogP contribution in [0.2, 0.25) is 0 Å². The molecule has 88 valence electrons. The average molecular weight is 230 g/mol. The van der Waals surface area contributed by atoms with Crippen molar-refractivity contribution in [1.29, 1.82) is 0 Å². The molecule has 1 aliphatic heterocycles. The molecule has 2 rings (SSSR count). The molecular formula is C11H22N2OS. The number of nitrogens with zero attached hydrogens (tertiary/aromatic N) is 1. The molecule has 0 amide bonds. The van der Waals surface area contributed by atoms with E-state index in [-0.39, 0.29) is 0 Å². The van der Waals surface area contributed by atoms with Gasteiger partial charge in [0.15, 0.2) is 0 Å². The Hall–Kier alpha value is 0.0700. The maximum Gasteiger partial charge on any atom is 0.0363 e. The standard InChI is InChI=1S/C11H22N2OS/c1-10(4-5-12-11-2-3-11)13-6-8-15(14)9-7-13/h10-12H,2-9H2,1H3. The largest absolute Gasteiger partial charge is 0.314 e. The van der Waals surface area contributed by atoms with Gasteiger partial charge < -0.3 is 5.32 Å². The number of nitrogens with one attached hydrogen (secondary N) is 1. The van der Waals surface area contributed by atoms with Crippen molar-refractivity contribution in [3.8, 4) is 0 Å². The fourth-order valence-electron chi connectivity index (χ4n) is 2.06. The lowest BCUT2D eigenvalue weighted by Crippen LogP contribution is -2.44. The Morgan fingerprint density at radius 3 is 2.67 bits per heavy atom. The molecule has 1 saturated carbocycles. The molecule has 0 aromatic rings. The summed E-state index contributed by atoms with van der Waals surface area (Å²) in [4.78, 5) is 2.48. The summed E-state index contributed by atoms with van der Waals surface area (Å²) in [5.41, 5.74) is 0. The predicted molar refractivity (Wildman–Crippen MR) is 64.6 cm³/mol. The van der Waals surface area contributed by atoms with E-state index < -0.39 is 10.8 Å².